The first-order valence-corrected chi connectivity index (χ1v) is 9.39. The molecule has 0 aromatic heterocycles. The van der Waals surface area contributed by atoms with E-state index >= 15 is 0 Å². The first kappa shape index (κ1) is 20.2. The van der Waals surface area contributed by atoms with Gasteiger partial charge in [0.1, 0.15) is 0 Å². The van der Waals surface area contributed by atoms with Crippen LogP contribution in [0.1, 0.15) is 58.8 Å². The molecule has 122 valence electrons. The van der Waals surface area contributed by atoms with E-state index < -0.39 is 10.0 Å². The molecule has 0 heterocycles. The van der Waals surface area contributed by atoms with Crippen molar-refractivity contribution in [3.05, 3.63) is 0 Å². The molecule has 0 saturated heterocycles. The molecule has 1 aliphatic carbocycles. The maximum atomic E-state index is 11.8. The number of hydrogen-bond donors (Lipinski definition) is 2. The van der Waals surface area contributed by atoms with Crippen molar-refractivity contribution in [2.24, 2.45) is 5.92 Å². The van der Waals surface area contributed by atoms with Gasteiger partial charge in [0.05, 0.1) is 5.75 Å². The van der Waals surface area contributed by atoms with Crippen LogP contribution in [0.2, 0.25) is 0 Å². The van der Waals surface area contributed by atoms with Crippen LogP contribution in [-0.4, -0.2) is 33.3 Å². The minimum atomic E-state index is -3.09. The van der Waals surface area contributed by atoms with Gasteiger partial charge in [-0.25, -0.2) is 13.1 Å². The molecule has 1 unspecified atom stereocenters. The van der Waals surface area contributed by atoms with Crippen LogP contribution >= 0.6 is 12.4 Å². The normalized spacial score (nSPS) is 19.1. The molecule has 0 amide bonds. The van der Waals surface area contributed by atoms with E-state index in [9.17, 15) is 8.42 Å². The largest absolute Gasteiger partial charge is 0.313 e. The fourth-order valence-corrected chi connectivity index (χ4v) is 4.03. The van der Waals surface area contributed by atoms with E-state index in [2.05, 4.69) is 10.0 Å². The second-order valence-corrected chi connectivity index (χ2v) is 7.68. The Morgan fingerprint density at radius 2 is 1.70 bits per heavy atom. The van der Waals surface area contributed by atoms with Crippen LogP contribution in [0, 0.1) is 5.92 Å². The van der Waals surface area contributed by atoms with Crippen molar-refractivity contribution in [1.82, 2.24) is 10.0 Å². The van der Waals surface area contributed by atoms with E-state index in [0.29, 0.717) is 12.6 Å². The van der Waals surface area contributed by atoms with Gasteiger partial charge in [0.25, 0.3) is 0 Å². The quantitative estimate of drug-likeness (QED) is 0.532. The highest BCUT2D eigenvalue weighted by molar-refractivity contribution is 7.89. The van der Waals surface area contributed by atoms with Crippen molar-refractivity contribution in [1.29, 1.82) is 0 Å². The topological polar surface area (TPSA) is 58.2 Å². The lowest BCUT2D eigenvalue weighted by atomic mass is 10.1. The Morgan fingerprint density at radius 3 is 2.25 bits per heavy atom. The van der Waals surface area contributed by atoms with Crippen LogP contribution in [-0.2, 0) is 10.0 Å². The maximum Gasteiger partial charge on any atom is 0.211 e. The van der Waals surface area contributed by atoms with Gasteiger partial charge in [-0.1, -0.05) is 46.0 Å². The third-order valence-electron chi connectivity index (χ3n) is 3.94. The van der Waals surface area contributed by atoms with Crippen molar-refractivity contribution < 1.29 is 8.42 Å². The van der Waals surface area contributed by atoms with E-state index in [-0.39, 0.29) is 24.1 Å². The molecule has 0 radical (unpaired) electrons. The lowest BCUT2D eigenvalue weighted by molar-refractivity contribution is 0.460. The zero-order valence-electron chi connectivity index (χ0n) is 12.9. The van der Waals surface area contributed by atoms with Gasteiger partial charge >= 0.3 is 0 Å². The number of halogens is 1. The molecule has 0 spiro atoms. The van der Waals surface area contributed by atoms with Crippen molar-refractivity contribution in [3.8, 4) is 0 Å². The zero-order chi connectivity index (χ0) is 14.1. The summed E-state index contributed by atoms with van der Waals surface area (Å²) < 4.78 is 26.2. The summed E-state index contributed by atoms with van der Waals surface area (Å²) in [5.41, 5.74) is 0. The number of rotatable bonds is 8. The minimum Gasteiger partial charge on any atom is -0.313 e. The Balaban J connectivity index is 0.00000361. The van der Waals surface area contributed by atoms with Crippen LogP contribution in [0.5, 0.6) is 0 Å². The highest BCUT2D eigenvalue weighted by Crippen LogP contribution is 2.16. The SMILES string of the molecule is CCC(C)CS(=O)(=O)NCCNC1CCCCCC1.Cl. The molecule has 0 aromatic rings. The standard InChI is InChI=1S/C14H30N2O2S.ClH/c1-3-13(2)12-19(17,18)16-11-10-15-14-8-6-4-5-7-9-14;/h13-16H,3-12H2,1-2H3;1H. The van der Waals surface area contributed by atoms with Gasteiger partial charge < -0.3 is 5.32 Å². The minimum absolute atomic E-state index is 0. The Kier molecular flexibility index (Phi) is 10.9. The van der Waals surface area contributed by atoms with Crippen LogP contribution < -0.4 is 10.0 Å². The maximum absolute atomic E-state index is 11.8. The average molecular weight is 327 g/mol. The summed E-state index contributed by atoms with van der Waals surface area (Å²) in [6, 6.07) is 0.585. The Labute approximate surface area is 130 Å². The third kappa shape index (κ3) is 9.16. The van der Waals surface area contributed by atoms with E-state index in [0.717, 1.165) is 13.0 Å². The van der Waals surface area contributed by atoms with E-state index in [1.54, 1.807) is 0 Å². The molecular formula is C14H31ClN2O2S. The molecular weight excluding hydrogens is 296 g/mol. The molecule has 4 nitrogen and oxygen atoms in total. The van der Waals surface area contributed by atoms with Crippen molar-refractivity contribution in [3.63, 3.8) is 0 Å². The number of nitrogens with one attached hydrogen (secondary N) is 2. The zero-order valence-corrected chi connectivity index (χ0v) is 14.5. The Morgan fingerprint density at radius 1 is 1.10 bits per heavy atom. The first-order valence-electron chi connectivity index (χ1n) is 7.74. The lowest BCUT2D eigenvalue weighted by Crippen LogP contribution is -2.38. The fraction of sp³-hybridized carbons (Fsp3) is 1.00. The fourth-order valence-electron chi connectivity index (χ4n) is 2.52. The molecule has 1 saturated carbocycles. The number of sulfonamides is 1. The number of hydrogen-bond acceptors (Lipinski definition) is 3. The third-order valence-corrected chi connectivity index (χ3v) is 5.59. The summed E-state index contributed by atoms with van der Waals surface area (Å²) >= 11 is 0. The lowest BCUT2D eigenvalue weighted by Gasteiger charge is -2.16. The van der Waals surface area contributed by atoms with Gasteiger partial charge in [-0.2, -0.15) is 0 Å². The molecule has 6 heteroatoms. The molecule has 1 fully saturated rings. The van der Waals surface area contributed by atoms with Gasteiger partial charge in [0, 0.05) is 19.1 Å². The summed E-state index contributed by atoms with van der Waals surface area (Å²) in [5, 5.41) is 3.47. The Hall–Kier alpha value is 0.160. The molecule has 0 bridgehead atoms. The molecule has 2 N–H and O–H groups in total. The second kappa shape index (κ2) is 10.8. The van der Waals surface area contributed by atoms with Gasteiger partial charge in [-0.3, -0.25) is 0 Å². The highest BCUT2D eigenvalue weighted by atomic mass is 35.5. The molecule has 1 aliphatic rings. The predicted molar refractivity (Wildman–Crippen MR) is 88.0 cm³/mol. The van der Waals surface area contributed by atoms with Crippen molar-refractivity contribution >= 4 is 22.4 Å². The molecule has 20 heavy (non-hydrogen) atoms. The van der Waals surface area contributed by atoms with E-state index in [1.807, 2.05) is 13.8 Å². The van der Waals surface area contributed by atoms with Crippen LogP contribution in [0.3, 0.4) is 0 Å². The summed E-state index contributed by atoms with van der Waals surface area (Å²) in [4.78, 5) is 0. The van der Waals surface area contributed by atoms with E-state index in [1.165, 1.54) is 38.5 Å². The Bertz CT molecular complexity index is 328. The molecule has 0 aliphatic heterocycles. The predicted octanol–water partition coefficient (Wildman–Crippen LogP) is 2.69. The van der Waals surface area contributed by atoms with Crippen LogP contribution in [0.25, 0.3) is 0 Å². The summed E-state index contributed by atoms with van der Waals surface area (Å²) in [6.07, 6.45) is 8.68. The van der Waals surface area contributed by atoms with Gasteiger partial charge in [0.2, 0.25) is 10.0 Å². The highest BCUT2D eigenvalue weighted by Gasteiger charge is 2.14. The van der Waals surface area contributed by atoms with Crippen LogP contribution in [0.4, 0.5) is 0 Å². The smallest absolute Gasteiger partial charge is 0.211 e. The van der Waals surface area contributed by atoms with Crippen LogP contribution in [0.15, 0.2) is 0 Å². The first-order chi connectivity index (χ1) is 9.03. The van der Waals surface area contributed by atoms with Crippen molar-refractivity contribution in [2.45, 2.75) is 64.8 Å². The van der Waals surface area contributed by atoms with E-state index in [4.69, 9.17) is 0 Å². The average Bonchev–Trinajstić information content (AvgIpc) is 2.62. The van der Waals surface area contributed by atoms with Crippen molar-refractivity contribution in [2.75, 3.05) is 18.8 Å². The monoisotopic (exact) mass is 326 g/mol. The molecule has 0 aromatic carbocycles. The van der Waals surface area contributed by atoms with Gasteiger partial charge in [-0.05, 0) is 18.8 Å². The van der Waals surface area contributed by atoms with Gasteiger partial charge in [0.15, 0.2) is 0 Å². The van der Waals surface area contributed by atoms with Gasteiger partial charge in [-0.15, -0.1) is 12.4 Å². The molecule has 1 rings (SSSR count). The molecule has 1 atom stereocenters. The second-order valence-electron chi connectivity index (χ2n) is 5.83. The summed E-state index contributed by atoms with van der Waals surface area (Å²) in [7, 11) is -3.09. The summed E-state index contributed by atoms with van der Waals surface area (Å²) in [6.45, 7) is 5.25. The summed E-state index contributed by atoms with van der Waals surface area (Å²) in [5.74, 6) is 0.472.